The van der Waals surface area contributed by atoms with Crippen molar-refractivity contribution in [2.24, 2.45) is 0 Å². The summed E-state index contributed by atoms with van der Waals surface area (Å²) < 4.78 is 5.65. The summed E-state index contributed by atoms with van der Waals surface area (Å²) in [6.07, 6.45) is 1.59. The van der Waals surface area contributed by atoms with Crippen LogP contribution in [0.4, 0.5) is 0 Å². The number of benzene rings is 3. The van der Waals surface area contributed by atoms with Gasteiger partial charge in [0.15, 0.2) is 11.9 Å². The van der Waals surface area contributed by atoms with Crippen LogP contribution >= 0.6 is 11.8 Å². The Hall–Kier alpha value is -2.10. The zero-order chi connectivity index (χ0) is 15.8. The van der Waals surface area contributed by atoms with Gasteiger partial charge in [-0.05, 0) is 40.8 Å². The number of rotatable bonds is 4. The molecular formula is C20H16O2S. The summed E-state index contributed by atoms with van der Waals surface area (Å²) in [7, 11) is 0. The Morgan fingerprint density at radius 1 is 0.957 bits per heavy atom. The van der Waals surface area contributed by atoms with Gasteiger partial charge in [0, 0.05) is 10.5 Å². The molecule has 1 aliphatic heterocycles. The van der Waals surface area contributed by atoms with Crippen LogP contribution in [0.25, 0.3) is 10.8 Å². The summed E-state index contributed by atoms with van der Waals surface area (Å²) in [4.78, 5) is 13.8. The van der Waals surface area contributed by atoms with Crippen molar-refractivity contribution in [2.75, 3.05) is 6.26 Å². The highest BCUT2D eigenvalue weighted by molar-refractivity contribution is 7.98. The second kappa shape index (κ2) is 5.84. The van der Waals surface area contributed by atoms with Crippen LogP contribution in [0.5, 0.6) is 0 Å². The number of fused-ring (bicyclic) bond motifs is 1. The Balaban J connectivity index is 1.55. The third-order valence-electron chi connectivity index (χ3n) is 4.23. The third-order valence-corrected chi connectivity index (χ3v) is 4.97. The molecule has 0 aliphatic carbocycles. The first-order valence-corrected chi connectivity index (χ1v) is 8.81. The van der Waals surface area contributed by atoms with E-state index < -0.39 is 0 Å². The average Bonchev–Trinajstić information content (AvgIpc) is 3.41. The number of hydrogen-bond acceptors (Lipinski definition) is 3. The standard InChI is InChI=1S/C20H16O2S/c1-23-17-10-8-14(9-11-17)19-20(22-19)18(21)16-7-6-13-4-2-3-5-15(13)12-16/h2-12,19-20H,1H3/t19-,20+/m0/s1. The van der Waals surface area contributed by atoms with Crippen LogP contribution in [-0.4, -0.2) is 18.1 Å². The lowest BCUT2D eigenvalue weighted by Gasteiger charge is -2.02. The molecule has 1 aliphatic rings. The molecule has 0 aromatic heterocycles. The molecule has 0 amide bonds. The topological polar surface area (TPSA) is 29.6 Å². The quantitative estimate of drug-likeness (QED) is 0.390. The van der Waals surface area contributed by atoms with Crippen molar-refractivity contribution >= 4 is 28.3 Å². The van der Waals surface area contributed by atoms with Gasteiger partial charge < -0.3 is 4.74 Å². The molecule has 1 heterocycles. The van der Waals surface area contributed by atoms with Crippen LogP contribution in [0.3, 0.4) is 0 Å². The highest BCUT2D eigenvalue weighted by Gasteiger charge is 2.46. The highest BCUT2D eigenvalue weighted by atomic mass is 32.2. The lowest BCUT2D eigenvalue weighted by molar-refractivity contribution is 0.0954. The van der Waals surface area contributed by atoms with Crippen molar-refractivity contribution in [3.8, 4) is 0 Å². The summed E-state index contributed by atoms with van der Waals surface area (Å²) in [5.74, 6) is 0.0645. The molecule has 4 rings (SSSR count). The summed E-state index contributed by atoms with van der Waals surface area (Å²) in [6, 6.07) is 22.1. The fourth-order valence-corrected chi connectivity index (χ4v) is 3.27. The number of ketones is 1. The third kappa shape index (κ3) is 2.78. The molecule has 0 radical (unpaired) electrons. The molecule has 3 aromatic rings. The fraction of sp³-hybridized carbons (Fsp3) is 0.150. The fourth-order valence-electron chi connectivity index (χ4n) is 2.87. The largest absolute Gasteiger partial charge is 0.356 e. The van der Waals surface area contributed by atoms with Crippen LogP contribution in [0.2, 0.25) is 0 Å². The molecule has 114 valence electrons. The molecule has 2 nitrogen and oxygen atoms in total. The van der Waals surface area contributed by atoms with E-state index in [0.29, 0.717) is 0 Å². The molecular weight excluding hydrogens is 304 g/mol. The monoisotopic (exact) mass is 320 g/mol. The summed E-state index contributed by atoms with van der Waals surface area (Å²) >= 11 is 1.71. The number of Topliss-reactive ketones (excluding diaryl/α,β-unsaturated/α-hetero) is 1. The van der Waals surface area contributed by atoms with Gasteiger partial charge in [0.25, 0.3) is 0 Å². The Morgan fingerprint density at radius 2 is 1.70 bits per heavy atom. The van der Waals surface area contributed by atoms with Gasteiger partial charge in [-0.25, -0.2) is 0 Å². The van der Waals surface area contributed by atoms with E-state index in [2.05, 4.69) is 18.4 Å². The number of carbonyl (C=O) groups excluding carboxylic acids is 1. The number of epoxide rings is 1. The van der Waals surface area contributed by atoms with Gasteiger partial charge in [0.2, 0.25) is 0 Å². The highest BCUT2D eigenvalue weighted by Crippen LogP contribution is 2.41. The van der Waals surface area contributed by atoms with Gasteiger partial charge in [0.1, 0.15) is 6.10 Å². The van der Waals surface area contributed by atoms with Crippen LogP contribution in [-0.2, 0) is 4.74 Å². The molecule has 23 heavy (non-hydrogen) atoms. The molecule has 0 saturated carbocycles. The minimum atomic E-state index is -0.351. The van der Waals surface area contributed by atoms with E-state index in [0.717, 1.165) is 21.9 Å². The first-order valence-electron chi connectivity index (χ1n) is 7.59. The summed E-state index contributed by atoms with van der Waals surface area (Å²) in [6.45, 7) is 0. The van der Waals surface area contributed by atoms with E-state index in [4.69, 9.17) is 4.74 Å². The molecule has 0 N–H and O–H groups in total. The maximum Gasteiger partial charge on any atom is 0.194 e. The van der Waals surface area contributed by atoms with E-state index in [1.54, 1.807) is 11.8 Å². The maximum absolute atomic E-state index is 12.6. The Labute approximate surface area is 139 Å². The van der Waals surface area contributed by atoms with Crippen molar-refractivity contribution in [1.29, 1.82) is 0 Å². The van der Waals surface area contributed by atoms with Crippen LogP contribution in [0.15, 0.2) is 71.6 Å². The minimum Gasteiger partial charge on any atom is -0.356 e. The maximum atomic E-state index is 12.6. The van der Waals surface area contributed by atoms with Gasteiger partial charge in [-0.15, -0.1) is 11.8 Å². The van der Waals surface area contributed by atoms with Crippen molar-refractivity contribution in [2.45, 2.75) is 17.1 Å². The number of thioether (sulfide) groups is 1. The second-order valence-electron chi connectivity index (χ2n) is 5.68. The lowest BCUT2D eigenvalue weighted by atomic mass is 10.00. The molecule has 2 atom stereocenters. The van der Waals surface area contributed by atoms with Gasteiger partial charge >= 0.3 is 0 Å². The molecule has 3 aromatic carbocycles. The Kier molecular flexibility index (Phi) is 3.68. The van der Waals surface area contributed by atoms with Gasteiger partial charge in [-0.1, -0.05) is 48.5 Å². The minimum absolute atomic E-state index is 0.0645. The predicted molar refractivity (Wildman–Crippen MR) is 94.1 cm³/mol. The first-order chi connectivity index (χ1) is 11.3. The smallest absolute Gasteiger partial charge is 0.194 e. The van der Waals surface area contributed by atoms with Crippen LogP contribution in [0.1, 0.15) is 22.0 Å². The number of hydrogen-bond donors (Lipinski definition) is 0. The zero-order valence-electron chi connectivity index (χ0n) is 12.7. The Morgan fingerprint density at radius 3 is 2.43 bits per heavy atom. The molecule has 3 heteroatoms. The number of ether oxygens (including phenoxy) is 1. The van der Waals surface area contributed by atoms with Gasteiger partial charge in [0.05, 0.1) is 0 Å². The van der Waals surface area contributed by atoms with Crippen LogP contribution < -0.4 is 0 Å². The first kappa shape index (κ1) is 14.5. The zero-order valence-corrected chi connectivity index (χ0v) is 13.5. The van der Waals surface area contributed by atoms with E-state index in [1.165, 1.54) is 4.90 Å². The molecule has 1 saturated heterocycles. The molecule has 0 spiro atoms. The molecule has 1 fully saturated rings. The second-order valence-corrected chi connectivity index (χ2v) is 6.56. The van der Waals surface area contributed by atoms with Gasteiger partial charge in [-0.2, -0.15) is 0 Å². The molecule has 0 bridgehead atoms. The normalized spacial score (nSPS) is 19.7. The van der Waals surface area contributed by atoms with E-state index in [9.17, 15) is 4.79 Å². The summed E-state index contributed by atoms with van der Waals surface area (Å²) in [5, 5.41) is 2.23. The Bertz CT molecular complexity index is 870. The lowest BCUT2D eigenvalue weighted by Crippen LogP contribution is -2.08. The van der Waals surface area contributed by atoms with E-state index in [1.807, 2.05) is 54.6 Å². The molecule has 0 unspecified atom stereocenters. The van der Waals surface area contributed by atoms with E-state index >= 15 is 0 Å². The van der Waals surface area contributed by atoms with E-state index in [-0.39, 0.29) is 18.0 Å². The van der Waals surface area contributed by atoms with Gasteiger partial charge in [-0.3, -0.25) is 4.79 Å². The average molecular weight is 320 g/mol. The van der Waals surface area contributed by atoms with Crippen molar-refractivity contribution in [3.05, 3.63) is 77.9 Å². The van der Waals surface area contributed by atoms with Crippen LogP contribution in [0, 0.1) is 0 Å². The summed E-state index contributed by atoms with van der Waals surface area (Å²) in [5.41, 5.74) is 1.79. The number of carbonyl (C=O) groups is 1. The predicted octanol–water partition coefficient (Wildman–Crippen LogP) is 4.88. The van der Waals surface area contributed by atoms with Crippen molar-refractivity contribution in [3.63, 3.8) is 0 Å². The SMILES string of the molecule is CSc1ccc([C@@H]2O[C@@H]2C(=O)c2ccc3ccccc3c2)cc1. The van der Waals surface area contributed by atoms with Crippen molar-refractivity contribution < 1.29 is 9.53 Å². The van der Waals surface area contributed by atoms with Crippen molar-refractivity contribution in [1.82, 2.24) is 0 Å².